The highest BCUT2D eigenvalue weighted by Crippen LogP contribution is 2.12. The quantitative estimate of drug-likeness (QED) is 0.546. The van der Waals surface area contributed by atoms with E-state index in [2.05, 4.69) is 35.5 Å². The van der Waals surface area contributed by atoms with E-state index in [0.29, 0.717) is 12.5 Å². The number of nitrogens with zero attached hydrogens (tertiary/aromatic N) is 2. The SMILES string of the molecule is CC(=NC(C)CCC(C)C)c1nccs1.CC(C)OC=O.[HH]. The summed E-state index contributed by atoms with van der Waals surface area (Å²) >= 11 is 1.66. The van der Waals surface area contributed by atoms with Crippen molar-refractivity contribution in [2.24, 2.45) is 10.9 Å². The van der Waals surface area contributed by atoms with E-state index in [4.69, 9.17) is 0 Å². The van der Waals surface area contributed by atoms with Crippen molar-refractivity contribution < 1.29 is 11.0 Å². The molecule has 0 spiro atoms. The normalized spacial score (nSPS) is 12.9. The fourth-order valence-corrected chi connectivity index (χ4v) is 2.13. The van der Waals surface area contributed by atoms with Crippen LogP contribution in [0.3, 0.4) is 0 Å². The van der Waals surface area contributed by atoms with Crippen LogP contribution in [0.5, 0.6) is 0 Å². The molecule has 0 aliphatic heterocycles. The van der Waals surface area contributed by atoms with Gasteiger partial charge in [0.15, 0.2) is 0 Å². The molecule has 1 atom stereocenters. The molecular formula is C16H30N2O2S. The molecule has 122 valence electrons. The number of thiazole rings is 1. The van der Waals surface area contributed by atoms with Crippen molar-refractivity contribution in [3.05, 3.63) is 16.6 Å². The van der Waals surface area contributed by atoms with Crippen LogP contribution in [0.15, 0.2) is 16.6 Å². The van der Waals surface area contributed by atoms with Gasteiger partial charge in [0.25, 0.3) is 6.47 Å². The van der Waals surface area contributed by atoms with E-state index >= 15 is 0 Å². The molecule has 0 aliphatic carbocycles. The molecule has 1 heterocycles. The maximum absolute atomic E-state index is 9.39. The van der Waals surface area contributed by atoms with E-state index in [1.165, 1.54) is 12.8 Å². The zero-order chi connectivity index (χ0) is 16.3. The van der Waals surface area contributed by atoms with Crippen molar-refractivity contribution in [1.82, 2.24) is 4.98 Å². The van der Waals surface area contributed by atoms with E-state index in [1.807, 2.05) is 18.5 Å². The average molecular weight is 314 g/mol. The van der Waals surface area contributed by atoms with Crippen LogP contribution >= 0.6 is 11.3 Å². The molecule has 1 unspecified atom stereocenters. The monoisotopic (exact) mass is 314 g/mol. The molecule has 1 aromatic rings. The van der Waals surface area contributed by atoms with Crippen LogP contribution in [0.2, 0.25) is 0 Å². The van der Waals surface area contributed by atoms with Gasteiger partial charge in [-0.2, -0.15) is 0 Å². The van der Waals surface area contributed by atoms with Crippen molar-refractivity contribution in [3.8, 4) is 0 Å². The van der Waals surface area contributed by atoms with Crippen molar-refractivity contribution in [2.45, 2.75) is 66.5 Å². The minimum Gasteiger partial charge on any atom is -0.465 e. The predicted octanol–water partition coefficient (Wildman–Crippen LogP) is 4.59. The highest BCUT2D eigenvalue weighted by molar-refractivity contribution is 7.11. The summed E-state index contributed by atoms with van der Waals surface area (Å²) in [5, 5.41) is 3.04. The Morgan fingerprint density at radius 3 is 2.43 bits per heavy atom. The minimum atomic E-state index is 0. The third-order valence-corrected chi connectivity index (χ3v) is 3.53. The van der Waals surface area contributed by atoms with Crippen LogP contribution in [-0.2, 0) is 9.53 Å². The summed E-state index contributed by atoms with van der Waals surface area (Å²) in [7, 11) is 0. The number of carbonyl (C=O) groups excluding carboxylic acids is 1. The maximum atomic E-state index is 9.39. The van der Waals surface area contributed by atoms with Gasteiger partial charge in [0.2, 0.25) is 0 Å². The van der Waals surface area contributed by atoms with Crippen LogP contribution in [0.4, 0.5) is 0 Å². The van der Waals surface area contributed by atoms with E-state index in [1.54, 1.807) is 25.2 Å². The molecule has 0 aromatic carbocycles. The number of carbonyl (C=O) groups is 1. The molecule has 0 amide bonds. The molecule has 0 radical (unpaired) electrons. The average Bonchev–Trinajstić information content (AvgIpc) is 2.90. The van der Waals surface area contributed by atoms with Gasteiger partial charge >= 0.3 is 0 Å². The number of aliphatic imine (C=N–C) groups is 1. The predicted molar refractivity (Wildman–Crippen MR) is 92.3 cm³/mol. The lowest BCUT2D eigenvalue weighted by molar-refractivity contribution is -0.131. The van der Waals surface area contributed by atoms with E-state index in [0.717, 1.165) is 16.6 Å². The largest absolute Gasteiger partial charge is 0.465 e. The zero-order valence-corrected chi connectivity index (χ0v) is 14.8. The Bertz CT molecular complexity index is 406. The Balaban J connectivity index is 0. The summed E-state index contributed by atoms with van der Waals surface area (Å²) in [6.07, 6.45) is 4.27. The number of rotatable bonds is 7. The number of hydrogen-bond acceptors (Lipinski definition) is 5. The molecule has 4 nitrogen and oxygen atoms in total. The third kappa shape index (κ3) is 11.1. The fourth-order valence-electron chi connectivity index (χ4n) is 1.54. The Kier molecular flexibility index (Phi) is 10.8. The summed E-state index contributed by atoms with van der Waals surface area (Å²) in [6.45, 7) is 12.8. The second-order valence-corrected chi connectivity index (χ2v) is 6.55. The van der Waals surface area contributed by atoms with Crippen LogP contribution < -0.4 is 0 Å². The molecular weight excluding hydrogens is 284 g/mol. The summed E-state index contributed by atoms with van der Waals surface area (Å²) in [5.41, 5.74) is 1.07. The standard InChI is InChI=1S/C12H20N2S.C4H8O2.H2/c1-9(2)5-6-10(3)14-11(4)12-13-7-8-15-12;1-4(2)6-3-5;/h7-10H,5-6H2,1-4H3;3-4H,1-2H3;1H. The number of aromatic nitrogens is 1. The molecule has 0 N–H and O–H groups in total. The Morgan fingerprint density at radius 2 is 2.05 bits per heavy atom. The zero-order valence-electron chi connectivity index (χ0n) is 14.0. The Hall–Kier alpha value is -1.23. The summed E-state index contributed by atoms with van der Waals surface area (Å²) in [5.74, 6) is 0.766. The van der Waals surface area contributed by atoms with Crippen LogP contribution in [0, 0.1) is 5.92 Å². The number of hydrogen-bond donors (Lipinski definition) is 0. The van der Waals surface area contributed by atoms with Gasteiger partial charge in [0.1, 0.15) is 5.01 Å². The van der Waals surface area contributed by atoms with Gasteiger partial charge in [-0.1, -0.05) is 13.8 Å². The van der Waals surface area contributed by atoms with Gasteiger partial charge in [-0.25, -0.2) is 4.98 Å². The minimum absolute atomic E-state index is 0. The molecule has 0 saturated heterocycles. The molecule has 0 bridgehead atoms. The molecule has 1 aromatic heterocycles. The van der Waals surface area contributed by atoms with E-state index < -0.39 is 0 Å². The van der Waals surface area contributed by atoms with Gasteiger partial charge in [0, 0.05) is 19.0 Å². The first-order valence-electron chi connectivity index (χ1n) is 7.40. The van der Waals surface area contributed by atoms with Crippen molar-refractivity contribution in [3.63, 3.8) is 0 Å². The molecule has 0 aliphatic rings. The first kappa shape index (κ1) is 19.8. The summed E-state index contributed by atoms with van der Waals surface area (Å²) in [4.78, 5) is 18.3. The van der Waals surface area contributed by atoms with E-state index in [9.17, 15) is 4.79 Å². The van der Waals surface area contributed by atoms with Crippen LogP contribution in [0.1, 0.15) is 60.8 Å². The first-order valence-corrected chi connectivity index (χ1v) is 8.28. The molecule has 5 heteroatoms. The molecule has 21 heavy (non-hydrogen) atoms. The van der Waals surface area contributed by atoms with Crippen LogP contribution in [-0.4, -0.2) is 29.3 Å². The lowest BCUT2D eigenvalue weighted by Gasteiger charge is -2.09. The molecule has 0 fully saturated rings. The maximum Gasteiger partial charge on any atom is 0.293 e. The highest BCUT2D eigenvalue weighted by atomic mass is 32.1. The fraction of sp³-hybridized carbons (Fsp3) is 0.688. The first-order chi connectivity index (χ1) is 9.86. The molecule has 0 saturated carbocycles. The Labute approximate surface area is 134 Å². The second kappa shape index (κ2) is 11.4. The van der Waals surface area contributed by atoms with Gasteiger partial charge < -0.3 is 4.74 Å². The summed E-state index contributed by atoms with van der Waals surface area (Å²) in [6, 6.07) is 0.413. The third-order valence-electron chi connectivity index (χ3n) is 2.65. The van der Waals surface area contributed by atoms with Crippen molar-refractivity contribution in [1.29, 1.82) is 0 Å². The lowest BCUT2D eigenvalue weighted by Crippen LogP contribution is -2.05. The van der Waals surface area contributed by atoms with Crippen molar-refractivity contribution >= 4 is 23.5 Å². The van der Waals surface area contributed by atoms with E-state index in [-0.39, 0.29) is 7.53 Å². The van der Waals surface area contributed by atoms with Gasteiger partial charge in [-0.15, -0.1) is 11.3 Å². The van der Waals surface area contributed by atoms with Gasteiger partial charge in [-0.3, -0.25) is 9.79 Å². The summed E-state index contributed by atoms with van der Waals surface area (Å²) < 4.78 is 4.36. The number of ether oxygens (including phenoxy) is 1. The second-order valence-electron chi connectivity index (χ2n) is 5.65. The van der Waals surface area contributed by atoms with Gasteiger partial charge in [-0.05, 0) is 46.5 Å². The van der Waals surface area contributed by atoms with Crippen LogP contribution in [0.25, 0.3) is 0 Å². The van der Waals surface area contributed by atoms with Gasteiger partial charge in [0.05, 0.1) is 11.8 Å². The highest BCUT2D eigenvalue weighted by Gasteiger charge is 2.05. The van der Waals surface area contributed by atoms with Crippen molar-refractivity contribution in [2.75, 3.05) is 0 Å². The molecule has 1 rings (SSSR count). The lowest BCUT2D eigenvalue weighted by atomic mass is 10.0. The smallest absolute Gasteiger partial charge is 0.293 e. The topological polar surface area (TPSA) is 51.6 Å². The Morgan fingerprint density at radius 1 is 1.38 bits per heavy atom.